The molecule has 1 aliphatic heterocycles. The number of nitrogens with two attached hydrogens (primary N) is 1. The van der Waals surface area contributed by atoms with Crippen LogP contribution in [0, 0.1) is 0 Å². The highest BCUT2D eigenvalue weighted by atomic mass is 16.5. The second-order valence-electron chi connectivity index (χ2n) is 4.04. The second kappa shape index (κ2) is 5.73. The molecule has 1 heterocycles. The van der Waals surface area contributed by atoms with Gasteiger partial charge in [0, 0.05) is 13.0 Å². The number of ether oxygens (including phenoxy) is 2. The van der Waals surface area contributed by atoms with E-state index in [1.165, 1.54) is 11.1 Å². The number of benzene rings is 1. The molecule has 0 aromatic heterocycles. The second-order valence-corrected chi connectivity index (χ2v) is 4.04. The molecule has 1 aromatic rings. The van der Waals surface area contributed by atoms with Crippen LogP contribution in [0.15, 0.2) is 18.2 Å². The number of hydrogen-bond acceptors (Lipinski definition) is 3. The molecule has 0 aliphatic carbocycles. The molecule has 0 spiro atoms. The molecule has 3 nitrogen and oxygen atoms in total. The van der Waals surface area contributed by atoms with Crippen LogP contribution < -0.4 is 15.2 Å². The third-order valence-electron chi connectivity index (χ3n) is 2.82. The summed E-state index contributed by atoms with van der Waals surface area (Å²) in [5.74, 6) is 1.71. The first-order chi connectivity index (χ1) is 8.35. The van der Waals surface area contributed by atoms with Crippen molar-refractivity contribution in [2.24, 2.45) is 5.73 Å². The van der Waals surface area contributed by atoms with Gasteiger partial charge in [-0.2, -0.15) is 0 Å². The van der Waals surface area contributed by atoms with Gasteiger partial charge in [0.25, 0.3) is 0 Å². The molecule has 0 bridgehead atoms. The van der Waals surface area contributed by atoms with E-state index in [0.717, 1.165) is 37.6 Å². The van der Waals surface area contributed by atoms with Crippen LogP contribution in [0.1, 0.15) is 24.5 Å². The number of rotatable bonds is 3. The van der Waals surface area contributed by atoms with Crippen molar-refractivity contribution in [3.8, 4) is 11.5 Å². The molecule has 1 aliphatic rings. The third-order valence-corrected chi connectivity index (χ3v) is 2.82. The fourth-order valence-corrected chi connectivity index (χ4v) is 1.92. The van der Waals surface area contributed by atoms with Crippen molar-refractivity contribution in [1.82, 2.24) is 0 Å². The van der Waals surface area contributed by atoms with Gasteiger partial charge in [-0.3, -0.25) is 0 Å². The van der Waals surface area contributed by atoms with E-state index >= 15 is 0 Å². The van der Waals surface area contributed by atoms with Crippen LogP contribution in [0.5, 0.6) is 11.5 Å². The normalized spacial score (nSPS) is 14.9. The lowest BCUT2D eigenvalue weighted by atomic mass is 10.0. The third kappa shape index (κ3) is 2.80. The fourth-order valence-electron chi connectivity index (χ4n) is 1.92. The van der Waals surface area contributed by atoms with E-state index in [1.54, 1.807) is 0 Å². The molecule has 3 heteroatoms. The maximum Gasteiger partial charge on any atom is 0.161 e. The molecule has 0 radical (unpaired) electrons. The molecule has 2 N–H and O–H groups in total. The maximum absolute atomic E-state index is 5.68. The summed E-state index contributed by atoms with van der Waals surface area (Å²) in [6, 6.07) is 4.13. The zero-order valence-corrected chi connectivity index (χ0v) is 10.2. The zero-order chi connectivity index (χ0) is 12.1. The molecule has 0 saturated heterocycles. The predicted octanol–water partition coefficient (Wildman–Crippen LogP) is 2.38. The smallest absolute Gasteiger partial charge is 0.161 e. The van der Waals surface area contributed by atoms with Crippen molar-refractivity contribution in [2.75, 3.05) is 19.8 Å². The number of fused-ring (bicyclic) bond motifs is 1. The maximum atomic E-state index is 5.68. The average Bonchev–Trinajstić information content (AvgIpc) is 2.59. The van der Waals surface area contributed by atoms with Crippen molar-refractivity contribution in [3.05, 3.63) is 29.3 Å². The van der Waals surface area contributed by atoms with E-state index in [0.29, 0.717) is 6.54 Å². The summed E-state index contributed by atoms with van der Waals surface area (Å²) in [4.78, 5) is 0. The van der Waals surface area contributed by atoms with Gasteiger partial charge in [-0.15, -0.1) is 0 Å². The van der Waals surface area contributed by atoms with Crippen LogP contribution in [-0.2, 0) is 6.42 Å². The van der Waals surface area contributed by atoms with Crippen LogP contribution in [-0.4, -0.2) is 19.8 Å². The minimum absolute atomic E-state index is 0.553. The monoisotopic (exact) mass is 233 g/mol. The van der Waals surface area contributed by atoms with Gasteiger partial charge >= 0.3 is 0 Å². The first kappa shape index (κ1) is 12.0. The van der Waals surface area contributed by atoms with Gasteiger partial charge in [-0.1, -0.05) is 19.1 Å². The van der Waals surface area contributed by atoms with Gasteiger partial charge < -0.3 is 15.2 Å². The van der Waals surface area contributed by atoms with Gasteiger partial charge in [0.05, 0.1) is 13.2 Å². The minimum atomic E-state index is 0.553. The highest BCUT2D eigenvalue weighted by Gasteiger charge is 2.12. The van der Waals surface area contributed by atoms with E-state index < -0.39 is 0 Å². The van der Waals surface area contributed by atoms with E-state index in [-0.39, 0.29) is 0 Å². The predicted molar refractivity (Wildman–Crippen MR) is 69.5 cm³/mol. The molecule has 0 fully saturated rings. The molecular formula is C14H19NO2. The molecule has 0 unspecified atom stereocenters. The average molecular weight is 233 g/mol. The molecule has 0 saturated carbocycles. The Balaban J connectivity index is 2.38. The lowest BCUT2D eigenvalue weighted by Gasteiger charge is -2.11. The van der Waals surface area contributed by atoms with Crippen LogP contribution in [0.3, 0.4) is 0 Å². The van der Waals surface area contributed by atoms with Crippen LogP contribution in [0.2, 0.25) is 0 Å². The summed E-state index contributed by atoms with van der Waals surface area (Å²) in [5.41, 5.74) is 7.92. The van der Waals surface area contributed by atoms with Crippen molar-refractivity contribution in [3.63, 3.8) is 0 Å². The zero-order valence-electron chi connectivity index (χ0n) is 10.2. The molecule has 1 aromatic carbocycles. The van der Waals surface area contributed by atoms with Crippen molar-refractivity contribution >= 4 is 6.08 Å². The van der Waals surface area contributed by atoms with Crippen molar-refractivity contribution < 1.29 is 9.47 Å². The van der Waals surface area contributed by atoms with Crippen LogP contribution in [0.25, 0.3) is 6.08 Å². The molecular weight excluding hydrogens is 214 g/mol. The molecule has 0 amide bonds. The van der Waals surface area contributed by atoms with Gasteiger partial charge in [-0.25, -0.2) is 0 Å². The summed E-state index contributed by atoms with van der Waals surface area (Å²) in [5, 5.41) is 0. The Bertz CT molecular complexity index is 413. The quantitative estimate of drug-likeness (QED) is 0.871. The Kier molecular flexibility index (Phi) is 4.04. The first-order valence-corrected chi connectivity index (χ1v) is 6.14. The van der Waals surface area contributed by atoms with Crippen molar-refractivity contribution in [1.29, 1.82) is 0 Å². The standard InChI is InChI=1S/C14H19NO2/c1-2-11-9-13-14(17-8-4-7-16-13)10-12(11)5-3-6-15/h3,5,9-10H,2,4,6-8,15H2,1H3/b5-3+. The summed E-state index contributed by atoms with van der Waals surface area (Å²) >= 11 is 0. The summed E-state index contributed by atoms with van der Waals surface area (Å²) in [6.07, 6.45) is 5.91. The fraction of sp³-hybridized carbons (Fsp3) is 0.429. The largest absolute Gasteiger partial charge is 0.490 e. The molecule has 92 valence electrons. The summed E-state index contributed by atoms with van der Waals surface area (Å²) < 4.78 is 11.4. The van der Waals surface area contributed by atoms with Gasteiger partial charge in [0.1, 0.15) is 0 Å². The Labute approximate surface area is 102 Å². The summed E-state index contributed by atoms with van der Waals surface area (Å²) in [6.45, 7) is 4.14. The topological polar surface area (TPSA) is 44.5 Å². The molecule has 2 rings (SSSR count). The highest BCUT2D eigenvalue weighted by Crippen LogP contribution is 2.33. The lowest BCUT2D eigenvalue weighted by molar-refractivity contribution is 0.297. The van der Waals surface area contributed by atoms with Crippen molar-refractivity contribution in [2.45, 2.75) is 19.8 Å². The Morgan fingerprint density at radius 1 is 1.24 bits per heavy atom. The lowest BCUT2D eigenvalue weighted by Crippen LogP contribution is -1.97. The van der Waals surface area contributed by atoms with E-state index in [4.69, 9.17) is 15.2 Å². The Morgan fingerprint density at radius 3 is 2.59 bits per heavy atom. The minimum Gasteiger partial charge on any atom is -0.490 e. The highest BCUT2D eigenvalue weighted by molar-refractivity contribution is 5.60. The van der Waals surface area contributed by atoms with Crippen LogP contribution >= 0.6 is 0 Å². The van der Waals surface area contributed by atoms with E-state index in [1.807, 2.05) is 18.2 Å². The van der Waals surface area contributed by atoms with Gasteiger partial charge in [0.2, 0.25) is 0 Å². The number of aryl methyl sites for hydroxylation is 1. The van der Waals surface area contributed by atoms with Gasteiger partial charge in [0.15, 0.2) is 11.5 Å². The van der Waals surface area contributed by atoms with E-state index in [9.17, 15) is 0 Å². The molecule has 0 atom stereocenters. The SMILES string of the molecule is CCc1cc2c(cc1/C=C/CN)OCCCO2. The summed E-state index contributed by atoms with van der Waals surface area (Å²) in [7, 11) is 0. The van der Waals surface area contributed by atoms with E-state index in [2.05, 4.69) is 13.0 Å². The van der Waals surface area contributed by atoms with Gasteiger partial charge in [-0.05, 0) is 29.7 Å². The Morgan fingerprint density at radius 2 is 1.94 bits per heavy atom. The molecule has 17 heavy (non-hydrogen) atoms. The first-order valence-electron chi connectivity index (χ1n) is 6.14. The number of hydrogen-bond donors (Lipinski definition) is 1. The Hall–Kier alpha value is -1.48. The van der Waals surface area contributed by atoms with Crippen LogP contribution in [0.4, 0.5) is 0 Å².